The summed E-state index contributed by atoms with van der Waals surface area (Å²) in [6.45, 7) is 0. The van der Waals surface area contributed by atoms with Crippen LogP contribution in [0.5, 0.6) is 0 Å². The molecule has 2 atom stereocenters. The highest BCUT2D eigenvalue weighted by atomic mass is 15.0. The average molecular weight is 669 g/mol. The van der Waals surface area contributed by atoms with Crippen molar-refractivity contribution in [2.75, 3.05) is 0 Å². The monoisotopic (exact) mass is 668 g/mol. The first-order chi connectivity index (χ1) is 25.7. The van der Waals surface area contributed by atoms with Crippen molar-refractivity contribution in [2.45, 2.75) is 24.9 Å². The van der Waals surface area contributed by atoms with Gasteiger partial charge < -0.3 is 10.6 Å². The number of nitrogens with one attached hydrogen (secondary N) is 2. The Bertz CT molecular complexity index is 2620. The molecule has 2 aliphatic carbocycles. The maximum Gasteiger partial charge on any atom is 0.0972 e. The predicted octanol–water partition coefficient (Wildman–Crippen LogP) is 10.5. The molecule has 2 N–H and O–H groups in total. The van der Waals surface area contributed by atoms with Crippen molar-refractivity contribution < 1.29 is 0 Å². The average Bonchev–Trinajstić information content (AvgIpc) is 3.23. The van der Waals surface area contributed by atoms with Gasteiger partial charge in [-0.05, 0) is 82.7 Å². The maximum absolute atomic E-state index is 5.22. The highest BCUT2D eigenvalue weighted by Crippen LogP contribution is 2.35. The van der Waals surface area contributed by atoms with Crippen molar-refractivity contribution in [2.24, 2.45) is 0 Å². The van der Waals surface area contributed by atoms with Crippen LogP contribution in [0.1, 0.15) is 24.0 Å². The second-order valence-corrected chi connectivity index (χ2v) is 13.9. The normalized spacial score (nSPS) is 19.2. The lowest BCUT2D eigenvalue weighted by Crippen LogP contribution is -2.35. The van der Waals surface area contributed by atoms with E-state index in [-0.39, 0.29) is 12.1 Å². The minimum absolute atomic E-state index is 0.0774. The van der Waals surface area contributed by atoms with E-state index in [0.29, 0.717) is 0 Å². The Labute approximate surface area is 303 Å². The van der Waals surface area contributed by atoms with Gasteiger partial charge >= 0.3 is 0 Å². The van der Waals surface area contributed by atoms with E-state index in [4.69, 9.17) is 9.97 Å². The molecule has 4 aromatic carbocycles. The first-order valence-corrected chi connectivity index (χ1v) is 18.1. The maximum atomic E-state index is 5.22. The Morgan fingerprint density at radius 2 is 1.12 bits per heavy atom. The molecule has 10 rings (SSSR count). The van der Waals surface area contributed by atoms with E-state index >= 15 is 0 Å². The molecule has 0 fully saturated rings. The molecule has 248 valence electrons. The van der Waals surface area contributed by atoms with Crippen molar-refractivity contribution >= 4 is 33.1 Å². The van der Waals surface area contributed by atoms with Crippen LogP contribution in [0.3, 0.4) is 0 Å². The zero-order valence-corrected chi connectivity index (χ0v) is 28.6. The van der Waals surface area contributed by atoms with Crippen LogP contribution in [0, 0.1) is 0 Å². The third-order valence-electron chi connectivity index (χ3n) is 10.7. The summed E-state index contributed by atoms with van der Waals surface area (Å²) in [6.07, 6.45) is 20.4. The van der Waals surface area contributed by atoms with Crippen LogP contribution >= 0.6 is 0 Å². The summed E-state index contributed by atoms with van der Waals surface area (Å²) in [5.41, 5.74) is 15.9. The largest absolute Gasteiger partial charge is 0.375 e. The number of fused-ring (bicyclic) bond motifs is 5. The molecule has 0 spiro atoms. The fourth-order valence-electron chi connectivity index (χ4n) is 7.83. The van der Waals surface area contributed by atoms with E-state index in [9.17, 15) is 0 Å². The second-order valence-electron chi connectivity index (χ2n) is 13.9. The molecular weight excluding hydrogens is 633 g/mol. The SMILES string of the molecule is C1=CC2=CC=C(c3cccc(-c4ccc5ccc6ccc(-c7ccccc7)nc6c5n4)c3)NC2C=C1C1=CC=C2CCC(c3ccccc3)=CC2N1. The summed E-state index contributed by atoms with van der Waals surface area (Å²) in [5, 5.41) is 9.85. The summed E-state index contributed by atoms with van der Waals surface area (Å²) in [7, 11) is 0. The van der Waals surface area contributed by atoms with Gasteiger partial charge in [0.25, 0.3) is 0 Å². The van der Waals surface area contributed by atoms with Crippen LogP contribution in [-0.4, -0.2) is 22.1 Å². The number of hydrogen-bond acceptors (Lipinski definition) is 4. The molecule has 4 aliphatic rings. The number of hydrogen-bond donors (Lipinski definition) is 2. The van der Waals surface area contributed by atoms with Crippen molar-refractivity contribution in [3.63, 3.8) is 0 Å². The third kappa shape index (κ3) is 5.59. The highest BCUT2D eigenvalue weighted by molar-refractivity contribution is 6.04. The Morgan fingerprint density at radius 3 is 1.88 bits per heavy atom. The van der Waals surface area contributed by atoms with Gasteiger partial charge in [0.1, 0.15) is 0 Å². The van der Waals surface area contributed by atoms with Gasteiger partial charge in [-0.15, -0.1) is 0 Å². The van der Waals surface area contributed by atoms with E-state index in [1.54, 1.807) is 0 Å². The summed E-state index contributed by atoms with van der Waals surface area (Å²) >= 11 is 0. The third-order valence-corrected chi connectivity index (χ3v) is 10.7. The number of pyridine rings is 2. The Hall–Kier alpha value is -6.52. The molecule has 0 radical (unpaired) electrons. The Kier molecular flexibility index (Phi) is 7.38. The van der Waals surface area contributed by atoms with E-state index in [0.717, 1.165) is 74.1 Å². The standard InChI is InChI=1S/C48H36N4/c1-3-8-31(9-4-1)37-18-14-33-21-25-43(50-45(33)29-37)40-19-15-34-20-24-42(49-46(34)30-40)38-12-7-13-39(28-38)44-27-23-36-17-16-35-22-26-41(32-10-5-2-6-11-32)51-47(35)48(36)52-44/h1-13,15-17,19-30,45-46,49-50H,14,18H2. The van der Waals surface area contributed by atoms with Crippen LogP contribution in [0.4, 0.5) is 0 Å². The molecule has 4 heterocycles. The summed E-state index contributed by atoms with van der Waals surface area (Å²) in [4.78, 5) is 10.3. The van der Waals surface area contributed by atoms with Crippen molar-refractivity contribution in [1.82, 2.24) is 20.6 Å². The zero-order chi connectivity index (χ0) is 34.4. The fourth-order valence-corrected chi connectivity index (χ4v) is 7.83. The molecule has 52 heavy (non-hydrogen) atoms. The Morgan fingerprint density at radius 1 is 0.481 bits per heavy atom. The molecule has 0 bridgehead atoms. The topological polar surface area (TPSA) is 49.8 Å². The minimum atomic E-state index is 0.0774. The van der Waals surface area contributed by atoms with Crippen LogP contribution in [-0.2, 0) is 0 Å². The quantitative estimate of drug-likeness (QED) is 0.180. The lowest BCUT2D eigenvalue weighted by Gasteiger charge is -2.32. The number of nitrogens with zero attached hydrogens (tertiary/aromatic N) is 2. The summed E-state index contributed by atoms with van der Waals surface area (Å²) in [5.74, 6) is 0. The van der Waals surface area contributed by atoms with Gasteiger partial charge in [-0.25, -0.2) is 9.97 Å². The van der Waals surface area contributed by atoms with Crippen molar-refractivity contribution in [3.05, 3.63) is 203 Å². The molecule has 2 aromatic heterocycles. The smallest absolute Gasteiger partial charge is 0.0972 e. The van der Waals surface area contributed by atoms with E-state index in [2.05, 4.69) is 175 Å². The number of allylic oxidation sites excluding steroid dienone is 6. The molecule has 0 amide bonds. The predicted molar refractivity (Wildman–Crippen MR) is 215 cm³/mol. The fraction of sp³-hybridized carbons (Fsp3) is 0.0833. The van der Waals surface area contributed by atoms with Gasteiger partial charge in [0.05, 0.1) is 34.5 Å². The van der Waals surface area contributed by atoms with Gasteiger partial charge in [0, 0.05) is 33.3 Å². The van der Waals surface area contributed by atoms with Crippen LogP contribution in [0.2, 0.25) is 0 Å². The molecule has 0 saturated heterocycles. The lowest BCUT2D eigenvalue weighted by atomic mass is 9.84. The van der Waals surface area contributed by atoms with Crippen LogP contribution in [0.15, 0.2) is 192 Å². The van der Waals surface area contributed by atoms with Gasteiger partial charge in [-0.2, -0.15) is 0 Å². The lowest BCUT2D eigenvalue weighted by molar-refractivity contribution is 0.690. The summed E-state index contributed by atoms with van der Waals surface area (Å²) in [6, 6.07) is 42.9. The van der Waals surface area contributed by atoms with Gasteiger partial charge in [-0.1, -0.05) is 134 Å². The molecule has 2 unspecified atom stereocenters. The minimum Gasteiger partial charge on any atom is -0.375 e. The zero-order valence-electron chi connectivity index (χ0n) is 28.6. The molecule has 4 nitrogen and oxygen atoms in total. The van der Waals surface area contributed by atoms with Crippen LogP contribution < -0.4 is 10.6 Å². The van der Waals surface area contributed by atoms with E-state index in [1.807, 2.05) is 6.07 Å². The second kappa shape index (κ2) is 12.7. The van der Waals surface area contributed by atoms with Gasteiger partial charge in [-0.3, -0.25) is 0 Å². The molecule has 4 heteroatoms. The van der Waals surface area contributed by atoms with E-state index < -0.39 is 0 Å². The van der Waals surface area contributed by atoms with Gasteiger partial charge in [0.15, 0.2) is 0 Å². The van der Waals surface area contributed by atoms with Gasteiger partial charge in [0.2, 0.25) is 0 Å². The van der Waals surface area contributed by atoms with E-state index in [1.165, 1.54) is 27.9 Å². The highest BCUT2D eigenvalue weighted by Gasteiger charge is 2.25. The molecule has 0 saturated carbocycles. The first kappa shape index (κ1) is 30.3. The molecule has 2 aliphatic heterocycles. The number of rotatable bonds is 5. The first-order valence-electron chi connectivity index (χ1n) is 18.1. The molecular formula is C48H36N4. The van der Waals surface area contributed by atoms with Crippen molar-refractivity contribution in [1.29, 1.82) is 0 Å². The number of dihydropyridines is 2. The summed E-state index contributed by atoms with van der Waals surface area (Å²) < 4.78 is 0. The number of benzene rings is 4. The molecule has 6 aromatic rings. The van der Waals surface area contributed by atoms with Crippen molar-refractivity contribution in [3.8, 4) is 22.5 Å². The van der Waals surface area contributed by atoms with Crippen LogP contribution in [0.25, 0.3) is 55.6 Å². The number of aromatic nitrogens is 2. The Balaban J connectivity index is 0.917.